The van der Waals surface area contributed by atoms with Gasteiger partial charge in [-0.3, -0.25) is 0 Å². The van der Waals surface area contributed by atoms with Crippen molar-refractivity contribution in [2.24, 2.45) is 11.3 Å². The van der Waals surface area contributed by atoms with E-state index in [-0.39, 0.29) is 11.3 Å². The molecule has 0 bridgehead atoms. The summed E-state index contributed by atoms with van der Waals surface area (Å²) in [6, 6.07) is 0. The van der Waals surface area contributed by atoms with Crippen LogP contribution in [0.5, 0.6) is 0 Å². The van der Waals surface area contributed by atoms with E-state index in [1.54, 1.807) is 7.11 Å². The van der Waals surface area contributed by atoms with Gasteiger partial charge in [0.05, 0.1) is 18.1 Å². The first-order valence-corrected chi connectivity index (χ1v) is 8.88. The number of rotatable bonds is 6. The molecule has 1 N–H and O–H groups in total. The van der Waals surface area contributed by atoms with Crippen molar-refractivity contribution in [3.63, 3.8) is 0 Å². The third kappa shape index (κ3) is 3.90. The molecule has 0 aromatic carbocycles. The molecule has 0 aromatic heterocycles. The van der Waals surface area contributed by atoms with Gasteiger partial charge < -0.3 is 14.8 Å². The quantitative estimate of drug-likeness (QED) is 0.720. The standard InChI is InChI=1S/C13H25NO4S/c1-17-8-5-14-11-13(3-6-18-7-4-13)12-2-9-19(15,16)10-12/h12,14H,2-11H2,1H3. The Hall–Kier alpha value is -0.170. The van der Waals surface area contributed by atoms with Crippen LogP contribution < -0.4 is 5.32 Å². The summed E-state index contributed by atoms with van der Waals surface area (Å²) in [6.45, 7) is 3.89. The van der Waals surface area contributed by atoms with Crippen molar-refractivity contribution < 1.29 is 17.9 Å². The van der Waals surface area contributed by atoms with E-state index in [1.165, 1.54) is 0 Å². The fraction of sp³-hybridized carbons (Fsp3) is 1.00. The van der Waals surface area contributed by atoms with Crippen LogP contribution in [0.2, 0.25) is 0 Å². The fourth-order valence-corrected chi connectivity index (χ4v) is 5.24. The van der Waals surface area contributed by atoms with Gasteiger partial charge in [0.1, 0.15) is 0 Å². The molecule has 1 atom stereocenters. The molecule has 0 aliphatic carbocycles. The van der Waals surface area contributed by atoms with Gasteiger partial charge in [0.25, 0.3) is 0 Å². The van der Waals surface area contributed by atoms with Crippen molar-refractivity contribution in [2.45, 2.75) is 19.3 Å². The first kappa shape index (κ1) is 15.2. The lowest BCUT2D eigenvalue weighted by Gasteiger charge is -2.42. The van der Waals surface area contributed by atoms with Crippen molar-refractivity contribution in [1.82, 2.24) is 5.32 Å². The summed E-state index contributed by atoms with van der Waals surface area (Å²) >= 11 is 0. The Kier molecular flexibility index (Phi) is 5.22. The van der Waals surface area contributed by atoms with E-state index in [9.17, 15) is 8.42 Å². The van der Waals surface area contributed by atoms with Gasteiger partial charge in [0.2, 0.25) is 0 Å². The zero-order chi connectivity index (χ0) is 13.8. The second-order valence-corrected chi connectivity index (χ2v) is 7.97. The number of nitrogens with one attached hydrogen (secondary N) is 1. The lowest BCUT2D eigenvalue weighted by Crippen LogP contribution is -2.45. The molecule has 2 rings (SSSR count). The molecule has 2 aliphatic heterocycles. The molecule has 0 spiro atoms. The molecule has 0 radical (unpaired) electrons. The summed E-state index contributed by atoms with van der Waals surface area (Å²) in [5.41, 5.74) is 0.0928. The molecule has 0 saturated carbocycles. The molecule has 2 aliphatic rings. The molecule has 6 heteroatoms. The third-order valence-corrected chi connectivity index (χ3v) is 6.32. The molecule has 2 fully saturated rings. The predicted molar refractivity (Wildman–Crippen MR) is 74.0 cm³/mol. The second kappa shape index (κ2) is 6.52. The largest absolute Gasteiger partial charge is 0.383 e. The lowest BCUT2D eigenvalue weighted by atomic mass is 9.69. The first-order valence-electron chi connectivity index (χ1n) is 7.06. The number of hydrogen-bond acceptors (Lipinski definition) is 5. The molecule has 2 heterocycles. The Morgan fingerprint density at radius 1 is 1.37 bits per heavy atom. The maximum absolute atomic E-state index is 11.7. The molecule has 112 valence electrons. The summed E-state index contributed by atoms with van der Waals surface area (Å²) < 4.78 is 34.0. The van der Waals surface area contributed by atoms with Gasteiger partial charge in [-0.05, 0) is 30.6 Å². The molecular weight excluding hydrogens is 266 g/mol. The molecular formula is C13H25NO4S. The average Bonchev–Trinajstić information content (AvgIpc) is 2.77. The second-order valence-electron chi connectivity index (χ2n) is 5.74. The van der Waals surface area contributed by atoms with Crippen molar-refractivity contribution in [3.05, 3.63) is 0 Å². The Balaban J connectivity index is 1.98. The topological polar surface area (TPSA) is 64.6 Å². The first-order chi connectivity index (χ1) is 9.08. The van der Waals surface area contributed by atoms with E-state index in [2.05, 4.69) is 5.32 Å². The monoisotopic (exact) mass is 291 g/mol. The molecule has 0 aromatic rings. The highest BCUT2D eigenvalue weighted by Gasteiger charge is 2.45. The normalized spacial score (nSPS) is 29.4. The minimum Gasteiger partial charge on any atom is -0.383 e. The molecule has 19 heavy (non-hydrogen) atoms. The molecule has 2 saturated heterocycles. The molecule has 0 amide bonds. The van der Waals surface area contributed by atoms with E-state index in [4.69, 9.17) is 9.47 Å². The van der Waals surface area contributed by atoms with Gasteiger partial charge in [-0.15, -0.1) is 0 Å². The van der Waals surface area contributed by atoms with Crippen LogP contribution in [0.1, 0.15) is 19.3 Å². The summed E-state index contributed by atoms with van der Waals surface area (Å²) in [4.78, 5) is 0. The predicted octanol–water partition coefficient (Wildman–Crippen LogP) is 0.454. The maximum Gasteiger partial charge on any atom is 0.150 e. The molecule has 5 nitrogen and oxygen atoms in total. The van der Waals surface area contributed by atoms with E-state index < -0.39 is 9.84 Å². The highest BCUT2D eigenvalue weighted by Crippen LogP contribution is 2.43. The average molecular weight is 291 g/mol. The number of ether oxygens (including phenoxy) is 2. The Bertz CT molecular complexity index is 376. The van der Waals surface area contributed by atoms with Crippen LogP contribution in [-0.2, 0) is 19.3 Å². The summed E-state index contributed by atoms with van der Waals surface area (Å²) in [7, 11) is -1.12. The minimum atomic E-state index is -2.81. The van der Waals surface area contributed by atoms with Crippen LogP contribution in [0.25, 0.3) is 0 Å². The van der Waals surface area contributed by atoms with Gasteiger partial charge in [-0.1, -0.05) is 0 Å². The van der Waals surface area contributed by atoms with Gasteiger partial charge >= 0.3 is 0 Å². The van der Waals surface area contributed by atoms with Crippen molar-refractivity contribution in [3.8, 4) is 0 Å². The zero-order valence-corrected chi connectivity index (χ0v) is 12.5. The van der Waals surface area contributed by atoms with Crippen molar-refractivity contribution >= 4 is 9.84 Å². The Morgan fingerprint density at radius 3 is 2.68 bits per heavy atom. The van der Waals surface area contributed by atoms with Gasteiger partial charge in [-0.25, -0.2) is 8.42 Å². The molecule has 1 unspecified atom stereocenters. The van der Waals surface area contributed by atoms with E-state index >= 15 is 0 Å². The van der Waals surface area contributed by atoms with Crippen molar-refractivity contribution in [2.75, 3.05) is 51.5 Å². The zero-order valence-electron chi connectivity index (χ0n) is 11.7. The highest BCUT2D eigenvalue weighted by atomic mass is 32.2. The van der Waals surface area contributed by atoms with Crippen LogP contribution in [0, 0.1) is 11.3 Å². The van der Waals surface area contributed by atoms with E-state index in [0.29, 0.717) is 18.1 Å². The number of methoxy groups -OCH3 is 1. The highest BCUT2D eigenvalue weighted by molar-refractivity contribution is 7.91. The fourth-order valence-electron chi connectivity index (χ4n) is 3.30. The van der Waals surface area contributed by atoms with Crippen molar-refractivity contribution in [1.29, 1.82) is 0 Å². The Morgan fingerprint density at radius 2 is 2.11 bits per heavy atom. The van der Waals surface area contributed by atoms with E-state index in [0.717, 1.165) is 45.6 Å². The summed E-state index contributed by atoms with van der Waals surface area (Å²) in [6.07, 6.45) is 2.74. The number of hydrogen-bond donors (Lipinski definition) is 1. The Labute approximate surface area is 116 Å². The van der Waals surface area contributed by atoms with Crippen LogP contribution in [-0.4, -0.2) is 59.9 Å². The van der Waals surface area contributed by atoms with E-state index in [1.807, 2.05) is 0 Å². The summed E-state index contributed by atoms with van der Waals surface area (Å²) in [5, 5.41) is 3.43. The van der Waals surface area contributed by atoms with Gasteiger partial charge in [0, 0.05) is 33.4 Å². The summed E-state index contributed by atoms with van der Waals surface area (Å²) in [5.74, 6) is 1.01. The lowest BCUT2D eigenvalue weighted by molar-refractivity contribution is -0.0128. The van der Waals surface area contributed by atoms with Gasteiger partial charge in [0.15, 0.2) is 9.84 Å². The maximum atomic E-state index is 11.7. The van der Waals surface area contributed by atoms with Crippen LogP contribution >= 0.6 is 0 Å². The van der Waals surface area contributed by atoms with Crippen LogP contribution in [0.15, 0.2) is 0 Å². The smallest absolute Gasteiger partial charge is 0.150 e. The van der Waals surface area contributed by atoms with Crippen LogP contribution in [0.4, 0.5) is 0 Å². The SMILES string of the molecule is COCCNCC1(C2CCS(=O)(=O)C2)CCOCC1. The minimum absolute atomic E-state index is 0.0928. The van der Waals surface area contributed by atoms with Gasteiger partial charge in [-0.2, -0.15) is 0 Å². The third-order valence-electron chi connectivity index (χ3n) is 4.55. The van der Waals surface area contributed by atoms with Crippen LogP contribution in [0.3, 0.4) is 0 Å². The number of sulfone groups is 1.